The van der Waals surface area contributed by atoms with Crippen LogP contribution in [0.15, 0.2) is 24.3 Å². The van der Waals surface area contributed by atoms with Crippen molar-refractivity contribution in [2.75, 3.05) is 13.1 Å². The number of rotatable bonds is 1. The first-order valence-electron chi connectivity index (χ1n) is 7.83. The molecule has 0 saturated carbocycles. The molecule has 3 aliphatic rings. The third kappa shape index (κ3) is 1.80. The molecule has 2 fully saturated rings. The van der Waals surface area contributed by atoms with Crippen molar-refractivity contribution in [3.8, 4) is 0 Å². The molecular weight excluding hydrogens is 248 g/mol. The van der Waals surface area contributed by atoms with Gasteiger partial charge in [-0.1, -0.05) is 24.3 Å². The average Bonchev–Trinajstić information content (AvgIpc) is 3.10. The highest BCUT2D eigenvalue weighted by Gasteiger charge is 2.46. The summed E-state index contributed by atoms with van der Waals surface area (Å²) in [6, 6.07) is 9.39. The summed E-state index contributed by atoms with van der Waals surface area (Å²) in [5.41, 5.74) is 2.75. The molecule has 0 spiro atoms. The van der Waals surface area contributed by atoms with Crippen LogP contribution < -0.4 is 5.32 Å². The number of benzene rings is 1. The normalized spacial score (nSPS) is 32.5. The minimum Gasteiger partial charge on any atom is -0.335 e. The topological polar surface area (TPSA) is 32.3 Å². The predicted octanol–water partition coefficient (Wildman–Crippen LogP) is 1.61. The summed E-state index contributed by atoms with van der Waals surface area (Å²) in [6.07, 6.45) is 3.04. The quantitative estimate of drug-likeness (QED) is 0.841. The second-order valence-electron chi connectivity index (χ2n) is 6.69. The van der Waals surface area contributed by atoms with Crippen molar-refractivity contribution >= 4 is 5.91 Å². The Kier molecular flexibility index (Phi) is 2.84. The Labute approximate surface area is 120 Å². The van der Waals surface area contributed by atoms with Gasteiger partial charge in [-0.05, 0) is 43.2 Å². The number of nitrogens with zero attached hydrogens (tertiary/aromatic N) is 1. The van der Waals surface area contributed by atoms with Crippen LogP contribution in [-0.4, -0.2) is 36.0 Å². The first-order chi connectivity index (χ1) is 9.74. The fourth-order valence-corrected chi connectivity index (χ4v) is 4.49. The van der Waals surface area contributed by atoms with Crippen LogP contribution in [0.3, 0.4) is 0 Å². The van der Waals surface area contributed by atoms with Gasteiger partial charge < -0.3 is 10.2 Å². The molecule has 1 aromatic rings. The largest absolute Gasteiger partial charge is 0.335 e. The van der Waals surface area contributed by atoms with Crippen LogP contribution in [0.5, 0.6) is 0 Å². The lowest BCUT2D eigenvalue weighted by Crippen LogP contribution is -2.46. The predicted molar refractivity (Wildman–Crippen MR) is 78.4 cm³/mol. The third-order valence-corrected chi connectivity index (χ3v) is 5.43. The number of fused-ring (bicyclic) bond motifs is 2. The van der Waals surface area contributed by atoms with Crippen LogP contribution in [0.25, 0.3) is 0 Å². The Morgan fingerprint density at radius 2 is 1.90 bits per heavy atom. The molecule has 4 rings (SSSR count). The second-order valence-corrected chi connectivity index (χ2v) is 6.69. The van der Waals surface area contributed by atoms with Gasteiger partial charge in [-0.15, -0.1) is 0 Å². The molecule has 2 heterocycles. The molecule has 3 unspecified atom stereocenters. The summed E-state index contributed by atoms with van der Waals surface area (Å²) in [5, 5.41) is 3.44. The summed E-state index contributed by atoms with van der Waals surface area (Å²) >= 11 is 0. The smallest absolute Gasteiger partial charge is 0.226 e. The van der Waals surface area contributed by atoms with E-state index in [0.717, 1.165) is 25.9 Å². The van der Waals surface area contributed by atoms with E-state index in [1.807, 2.05) is 0 Å². The van der Waals surface area contributed by atoms with Gasteiger partial charge in [0.15, 0.2) is 0 Å². The van der Waals surface area contributed by atoms with E-state index in [-0.39, 0.29) is 5.92 Å². The zero-order valence-corrected chi connectivity index (χ0v) is 12.0. The standard InChI is InChI=1S/C17H22N2O/c1-11-6-15-9-18-10-16(15)19(11)17(20)14-7-12-4-2-3-5-13(12)8-14/h2-5,11,14-16,18H,6-10H2,1H3. The zero-order chi connectivity index (χ0) is 13.7. The van der Waals surface area contributed by atoms with Crippen molar-refractivity contribution in [2.45, 2.75) is 38.3 Å². The van der Waals surface area contributed by atoms with Crippen molar-refractivity contribution in [2.24, 2.45) is 11.8 Å². The molecule has 3 heteroatoms. The van der Waals surface area contributed by atoms with E-state index in [2.05, 4.69) is 41.4 Å². The number of hydrogen-bond donors (Lipinski definition) is 1. The van der Waals surface area contributed by atoms with Gasteiger partial charge >= 0.3 is 0 Å². The van der Waals surface area contributed by atoms with Crippen molar-refractivity contribution in [1.29, 1.82) is 0 Å². The fourth-order valence-electron chi connectivity index (χ4n) is 4.49. The van der Waals surface area contributed by atoms with Crippen molar-refractivity contribution in [3.63, 3.8) is 0 Å². The molecule has 0 radical (unpaired) electrons. The van der Waals surface area contributed by atoms with Gasteiger partial charge in [-0.25, -0.2) is 0 Å². The molecule has 3 atom stereocenters. The fraction of sp³-hybridized carbons (Fsp3) is 0.588. The molecule has 1 aromatic carbocycles. The van der Waals surface area contributed by atoms with Crippen molar-refractivity contribution in [1.82, 2.24) is 10.2 Å². The second kappa shape index (κ2) is 4.59. The van der Waals surface area contributed by atoms with Gasteiger partial charge in [0, 0.05) is 31.1 Å². The van der Waals surface area contributed by atoms with Gasteiger partial charge in [0.05, 0.1) is 0 Å². The van der Waals surface area contributed by atoms with E-state index in [4.69, 9.17) is 0 Å². The first-order valence-corrected chi connectivity index (χ1v) is 7.83. The summed E-state index contributed by atoms with van der Waals surface area (Å²) in [5.74, 6) is 1.25. The highest BCUT2D eigenvalue weighted by molar-refractivity contribution is 5.81. The highest BCUT2D eigenvalue weighted by atomic mass is 16.2. The van der Waals surface area contributed by atoms with E-state index in [9.17, 15) is 4.79 Å². The molecule has 2 aliphatic heterocycles. The zero-order valence-electron chi connectivity index (χ0n) is 12.0. The van der Waals surface area contributed by atoms with Gasteiger partial charge in [-0.2, -0.15) is 0 Å². The van der Waals surface area contributed by atoms with Crippen LogP contribution in [-0.2, 0) is 17.6 Å². The number of amides is 1. The molecule has 1 amide bonds. The molecule has 1 aliphatic carbocycles. The molecule has 0 bridgehead atoms. The number of nitrogens with one attached hydrogen (secondary N) is 1. The van der Waals surface area contributed by atoms with E-state index in [1.54, 1.807) is 0 Å². The van der Waals surface area contributed by atoms with Gasteiger partial charge in [0.25, 0.3) is 0 Å². The molecule has 106 valence electrons. The van der Waals surface area contributed by atoms with Crippen LogP contribution in [0.2, 0.25) is 0 Å². The maximum atomic E-state index is 13.0. The van der Waals surface area contributed by atoms with Crippen LogP contribution >= 0.6 is 0 Å². The molecule has 3 nitrogen and oxygen atoms in total. The Bertz CT molecular complexity index is 517. The van der Waals surface area contributed by atoms with E-state index >= 15 is 0 Å². The van der Waals surface area contributed by atoms with E-state index in [0.29, 0.717) is 23.9 Å². The lowest BCUT2D eigenvalue weighted by atomic mass is 10.0. The number of carbonyl (C=O) groups is 1. The lowest BCUT2D eigenvalue weighted by molar-refractivity contribution is -0.137. The number of carbonyl (C=O) groups excluding carboxylic acids is 1. The Morgan fingerprint density at radius 1 is 1.20 bits per heavy atom. The first kappa shape index (κ1) is 12.4. The van der Waals surface area contributed by atoms with Gasteiger partial charge in [-0.3, -0.25) is 4.79 Å². The van der Waals surface area contributed by atoms with Crippen LogP contribution in [0.4, 0.5) is 0 Å². The van der Waals surface area contributed by atoms with E-state index < -0.39 is 0 Å². The van der Waals surface area contributed by atoms with Crippen LogP contribution in [0, 0.1) is 11.8 Å². The maximum Gasteiger partial charge on any atom is 0.226 e. The minimum atomic E-state index is 0.175. The van der Waals surface area contributed by atoms with E-state index in [1.165, 1.54) is 17.5 Å². The highest BCUT2D eigenvalue weighted by Crippen LogP contribution is 2.36. The monoisotopic (exact) mass is 270 g/mol. The minimum absolute atomic E-state index is 0.175. The Morgan fingerprint density at radius 3 is 2.60 bits per heavy atom. The molecule has 0 aromatic heterocycles. The number of likely N-dealkylation sites (tertiary alicyclic amines) is 1. The van der Waals surface area contributed by atoms with Crippen molar-refractivity contribution < 1.29 is 4.79 Å². The SMILES string of the molecule is CC1CC2CNCC2N1C(=O)C1Cc2ccccc2C1. The summed E-state index contributed by atoms with van der Waals surface area (Å²) in [7, 11) is 0. The average molecular weight is 270 g/mol. The summed E-state index contributed by atoms with van der Waals surface area (Å²) in [4.78, 5) is 15.2. The molecular formula is C17H22N2O. The lowest BCUT2D eigenvalue weighted by Gasteiger charge is -2.30. The molecule has 1 N–H and O–H groups in total. The van der Waals surface area contributed by atoms with Crippen LogP contribution in [0.1, 0.15) is 24.5 Å². The summed E-state index contributed by atoms with van der Waals surface area (Å²) < 4.78 is 0. The van der Waals surface area contributed by atoms with Crippen molar-refractivity contribution in [3.05, 3.63) is 35.4 Å². The van der Waals surface area contributed by atoms with Gasteiger partial charge in [0.1, 0.15) is 0 Å². The Hall–Kier alpha value is -1.35. The number of hydrogen-bond acceptors (Lipinski definition) is 2. The molecule has 2 saturated heterocycles. The maximum absolute atomic E-state index is 13.0. The molecule has 20 heavy (non-hydrogen) atoms. The Balaban J connectivity index is 1.54. The summed E-state index contributed by atoms with van der Waals surface area (Å²) in [6.45, 7) is 4.29. The van der Waals surface area contributed by atoms with Gasteiger partial charge in [0.2, 0.25) is 5.91 Å². The third-order valence-electron chi connectivity index (χ3n) is 5.43.